The second-order valence-electron chi connectivity index (χ2n) is 4.85. The van der Waals surface area contributed by atoms with Crippen LogP contribution in [0.15, 0.2) is 29.0 Å². The Morgan fingerprint density at radius 2 is 2.19 bits per heavy atom. The van der Waals surface area contributed by atoms with Gasteiger partial charge in [0.2, 0.25) is 0 Å². The van der Waals surface area contributed by atoms with Crippen molar-refractivity contribution in [2.24, 2.45) is 0 Å². The second-order valence-corrected chi connectivity index (χ2v) is 6.74. The van der Waals surface area contributed by atoms with Gasteiger partial charge in [-0.15, -0.1) is 22.7 Å². The van der Waals surface area contributed by atoms with E-state index in [1.165, 1.54) is 22.7 Å². The molecule has 2 N–H and O–H groups in total. The van der Waals surface area contributed by atoms with E-state index in [1.54, 1.807) is 7.11 Å². The SMILES string of the molecule is COCc1ccsc1C(=O)NC(C)CC(O)c1cccs1. The van der Waals surface area contributed by atoms with Crippen LogP contribution >= 0.6 is 22.7 Å². The van der Waals surface area contributed by atoms with Crippen molar-refractivity contribution in [1.29, 1.82) is 0 Å². The lowest BCUT2D eigenvalue weighted by atomic mass is 10.1. The third-order valence-corrected chi connectivity index (χ3v) is 5.01. The number of aliphatic hydroxyl groups excluding tert-OH is 1. The van der Waals surface area contributed by atoms with Gasteiger partial charge in [-0.3, -0.25) is 4.79 Å². The molecule has 0 saturated carbocycles. The number of methoxy groups -OCH3 is 1. The number of ether oxygens (including phenoxy) is 1. The first-order chi connectivity index (χ1) is 10.1. The summed E-state index contributed by atoms with van der Waals surface area (Å²) in [5.41, 5.74) is 0.894. The van der Waals surface area contributed by atoms with Crippen LogP contribution in [0.25, 0.3) is 0 Å². The molecule has 0 aromatic carbocycles. The Labute approximate surface area is 132 Å². The zero-order valence-electron chi connectivity index (χ0n) is 12.0. The maximum absolute atomic E-state index is 12.2. The quantitative estimate of drug-likeness (QED) is 0.822. The molecule has 0 bridgehead atoms. The molecule has 0 radical (unpaired) electrons. The molecule has 0 aliphatic rings. The minimum Gasteiger partial charge on any atom is -0.387 e. The second kappa shape index (κ2) is 7.70. The highest BCUT2D eigenvalue weighted by Crippen LogP contribution is 2.23. The molecule has 6 heteroatoms. The number of aliphatic hydroxyl groups is 1. The maximum Gasteiger partial charge on any atom is 0.261 e. The summed E-state index contributed by atoms with van der Waals surface area (Å²) in [6.45, 7) is 2.33. The van der Waals surface area contributed by atoms with Crippen molar-refractivity contribution < 1.29 is 14.6 Å². The van der Waals surface area contributed by atoms with E-state index in [2.05, 4.69) is 5.32 Å². The Morgan fingerprint density at radius 1 is 1.38 bits per heavy atom. The molecule has 0 spiro atoms. The molecule has 2 aromatic rings. The van der Waals surface area contributed by atoms with E-state index in [0.29, 0.717) is 17.9 Å². The molecule has 1 amide bonds. The Morgan fingerprint density at radius 3 is 2.86 bits per heavy atom. The van der Waals surface area contributed by atoms with Gasteiger partial charge in [0.1, 0.15) is 0 Å². The van der Waals surface area contributed by atoms with E-state index in [9.17, 15) is 9.90 Å². The van der Waals surface area contributed by atoms with Crippen LogP contribution in [0.4, 0.5) is 0 Å². The van der Waals surface area contributed by atoms with Gasteiger partial charge in [0, 0.05) is 23.6 Å². The molecule has 0 aliphatic carbocycles. The number of hydrogen-bond donors (Lipinski definition) is 2. The summed E-state index contributed by atoms with van der Waals surface area (Å²) >= 11 is 2.93. The molecule has 2 atom stereocenters. The number of rotatable bonds is 7. The number of thiophene rings is 2. The summed E-state index contributed by atoms with van der Waals surface area (Å²) in [4.78, 5) is 13.8. The average Bonchev–Trinajstić information content (AvgIpc) is 3.09. The number of carbonyl (C=O) groups excluding carboxylic acids is 1. The van der Waals surface area contributed by atoms with Crippen LogP contribution in [0.1, 0.15) is 39.6 Å². The normalized spacial score (nSPS) is 13.9. The van der Waals surface area contributed by atoms with E-state index >= 15 is 0 Å². The molecule has 2 rings (SSSR count). The minimum absolute atomic E-state index is 0.105. The molecular weight excluding hydrogens is 306 g/mol. The lowest BCUT2D eigenvalue weighted by Gasteiger charge is -2.17. The topological polar surface area (TPSA) is 58.6 Å². The predicted octanol–water partition coefficient (Wildman–Crippen LogP) is 3.20. The third kappa shape index (κ3) is 4.38. The third-order valence-electron chi connectivity index (χ3n) is 3.08. The average molecular weight is 325 g/mol. The van der Waals surface area contributed by atoms with Crippen molar-refractivity contribution in [3.8, 4) is 0 Å². The first kappa shape index (κ1) is 16.2. The van der Waals surface area contributed by atoms with Crippen LogP contribution < -0.4 is 5.32 Å². The van der Waals surface area contributed by atoms with Gasteiger partial charge in [-0.05, 0) is 36.2 Å². The summed E-state index contributed by atoms with van der Waals surface area (Å²) in [7, 11) is 1.61. The highest BCUT2D eigenvalue weighted by atomic mass is 32.1. The standard InChI is InChI=1S/C15H19NO3S2/c1-10(8-12(17)13-4-3-6-20-13)16-15(18)14-11(9-19-2)5-7-21-14/h3-7,10,12,17H,8-9H2,1-2H3,(H,16,18). The summed E-state index contributed by atoms with van der Waals surface area (Å²) in [5.74, 6) is -0.108. The summed E-state index contributed by atoms with van der Waals surface area (Å²) in [5, 5.41) is 16.9. The highest BCUT2D eigenvalue weighted by Gasteiger charge is 2.18. The van der Waals surface area contributed by atoms with E-state index in [-0.39, 0.29) is 11.9 Å². The van der Waals surface area contributed by atoms with Crippen LogP contribution in [-0.4, -0.2) is 24.2 Å². The van der Waals surface area contributed by atoms with Crippen LogP contribution in [0, 0.1) is 0 Å². The van der Waals surface area contributed by atoms with E-state index < -0.39 is 6.10 Å². The summed E-state index contributed by atoms with van der Waals surface area (Å²) in [6.07, 6.45) is -0.0425. The number of nitrogens with one attached hydrogen (secondary N) is 1. The lowest BCUT2D eigenvalue weighted by Crippen LogP contribution is -2.33. The van der Waals surface area contributed by atoms with Crippen molar-refractivity contribution in [3.63, 3.8) is 0 Å². The fourth-order valence-electron chi connectivity index (χ4n) is 2.08. The first-order valence-electron chi connectivity index (χ1n) is 6.69. The molecule has 0 saturated heterocycles. The predicted molar refractivity (Wildman–Crippen MR) is 85.9 cm³/mol. The van der Waals surface area contributed by atoms with Crippen LogP contribution in [0.2, 0.25) is 0 Å². The smallest absolute Gasteiger partial charge is 0.261 e. The molecule has 2 heterocycles. The number of hydrogen-bond acceptors (Lipinski definition) is 5. The maximum atomic E-state index is 12.2. The highest BCUT2D eigenvalue weighted by molar-refractivity contribution is 7.12. The van der Waals surface area contributed by atoms with Gasteiger partial charge < -0.3 is 15.2 Å². The van der Waals surface area contributed by atoms with E-state index in [4.69, 9.17) is 4.74 Å². The number of amides is 1. The Bertz CT molecular complexity index is 565. The molecule has 0 fully saturated rings. The summed E-state index contributed by atoms with van der Waals surface area (Å²) in [6, 6.07) is 5.61. The van der Waals surface area contributed by atoms with Crippen molar-refractivity contribution in [2.45, 2.75) is 32.1 Å². The fourth-order valence-corrected chi connectivity index (χ4v) is 3.62. The van der Waals surface area contributed by atoms with Gasteiger partial charge in [0.25, 0.3) is 5.91 Å². The van der Waals surface area contributed by atoms with Crippen molar-refractivity contribution in [2.75, 3.05) is 7.11 Å². The van der Waals surface area contributed by atoms with E-state index in [1.807, 2.05) is 35.9 Å². The number of carbonyl (C=O) groups is 1. The minimum atomic E-state index is -0.540. The first-order valence-corrected chi connectivity index (χ1v) is 8.45. The molecule has 21 heavy (non-hydrogen) atoms. The Hall–Kier alpha value is -1.21. The molecule has 2 aromatic heterocycles. The Balaban J connectivity index is 1.91. The van der Waals surface area contributed by atoms with Crippen LogP contribution in [0.3, 0.4) is 0 Å². The van der Waals surface area contributed by atoms with Crippen LogP contribution in [0.5, 0.6) is 0 Å². The molecule has 0 aliphatic heterocycles. The Kier molecular flexibility index (Phi) is 5.93. The lowest BCUT2D eigenvalue weighted by molar-refractivity contribution is 0.0918. The molecular formula is C15H19NO3S2. The van der Waals surface area contributed by atoms with Crippen molar-refractivity contribution >= 4 is 28.6 Å². The zero-order valence-corrected chi connectivity index (χ0v) is 13.7. The van der Waals surface area contributed by atoms with Crippen molar-refractivity contribution in [1.82, 2.24) is 5.32 Å². The summed E-state index contributed by atoms with van der Waals surface area (Å²) < 4.78 is 5.08. The van der Waals surface area contributed by atoms with Gasteiger partial charge in [0.05, 0.1) is 17.6 Å². The molecule has 114 valence electrons. The van der Waals surface area contributed by atoms with Gasteiger partial charge in [-0.25, -0.2) is 0 Å². The van der Waals surface area contributed by atoms with E-state index in [0.717, 1.165) is 10.4 Å². The van der Waals surface area contributed by atoms with Gasteiger partial charge >= 0.3 is 0 Å². The monoisotopic (exact) mass is 325 g/mol. The fraction of sp³-hybridized carbons (Fsp3) is 0.400. The molecule has 4 nitrogen and oxygen atoms in total. The van der Waals surface area contributed by atoms with Crippen molar-refractivity contribution in [3.05, 3.63) is 44.3 Å². The van der Waals surface area contributed by atoms with Crippen LogP contribution in [-0.2, 0) is 11.3 Å². The zero-order chi connectivity index (χ0) is 15.2. The molecule has 2 unspecified atom stereocenters. The van der Waals surface area contributed by atoms with Gasteiger partial charge in [0.15, 0.2) is 0 Å². The van der Waals surface area contributed by atoms with Gasteiger partial charge in [-0.1, -0.05) is 6.07 Å². The largest absolute Gasteiger partial charge is 0.387 e. The van der Waals surface area contributed by atoms with Gasteiger partial charge in [-0.2, -0.15) is 0 Å².